The van der Waals surface area contributed by atoms with Crippen LogP contribution in [0.25, 0.3) is 22.5 Å². The largest absolute Gasteiger partial charge is 0.456 e. The third-order valence-electron chi connectivity index (χ3n) is 3.13. The maximum atomic E-state index is 13.6. The lowest BCUT2D eigenvalue weighted by molar-refractivity contribution is 0.476. The summed E-state index contributed by atoms with van der Waals surface area (Å²) in [7, 11) is 0. The van der Waals surface area contributed by atoms with Crippen molar-refractivity contribution in [3.63, 3.8) is 0 Å². The smallest absolute Gasteiger partial charge is 0.170 e. The summed E-state index contributed by atoms with van der Waals surface area (Å²) in [4.78, 5) is 0. The molecule has 0 amide bonds. The highest BCUT2D eigenvalue weighted by molar-refractivity contribution is 5.82. The number of fused-ring (bicyclic) bond motifs is 1. The second-order valence-corrected chi connectivity index (χ2v) is 4.71. The molecule has 0 bridgehead atoms. The van der Waals surface area contributed by atoms with Gasteiger partial charge < -0.3 is 14.2 Å². The Kier molecular flexibility index (Phi) is 3.56. The van der Waals surface area contributed by atoms with E-state index in [0.29, 0.717) is 18.1 Å². The van der Waals surface area contributed by atoms with Crippen LogP contribution < -0.4 is 5.32 Å². The van der Waals surface area contributed by atoms with Crippen molar-refractivity contribution in [2.75, 3.05) is 6.54 Å². The highest BCUT2D eigenvalue weighted by Gasteiger charge is 2.12. The normalized spacial score (nSPS) is 11.3. The number of furan rings is 2. The van der Waals surface area contributed by atoms with Crippen LogP contribution in [0, 0.1) is 5.82 Å². The SMILES string of the molecule is CCCNCc1ccc(-c2cc3cccc(F)c3o2)o1. The van der Waals surface area contributed by atoms with Gasteiger partial charge in [0.25, 0.3) is 0 Å². The Morgan fingerprint density at radius 2 is 2.00 bits per heavy atom. The lowest BCUT2D eigenvalue weighted by atomic mass is 10.2. The molecular formula is C16H16FNO2. The van der Waals surface area contributed by atoms with Crippen LogP contribution in [0.5, 0.6) is 0 Å². The molecular weight excluding hydrogens is 257 g/mol. The first kappa shape index (κ1) is 12.9. The van der Waals surface area contributed by atoms with Crippen LogP contribution in [-0.2, 0) is 6.54 Å². The number of hydrogen-bond donors (Lipinski definition) is 1. The third kappa shape index (κ3) is 2.47. The van der Waals surface area contributed by atoms with E-state index in [9.17, 15) is 4.39 Å². The first-order valence-electron chi connectivity index (χ1n) is 6.76. The second-order valence-electron chi connectivity index (χ2n) is 4.71. The number of halogens is 1. The summed E-state index contributed by atoms with van der Waals surface area (Å²) < 4.78 is 24.8. The van der Waals surface area contributed by atoms with E-state index in [1.165, 1.54) is 6.07 Å². The van der Waals surface area contributed by atoms with Crippen molar-refractivity contribution in [2.45, 2.75) is 19.9 Å². The Balaban J connectivity index is 1.85. The Hall–Kier alpha value is -2.07. The summed E-state index contributed by atoms with van der Waals surface area (Å²) in [5.74, 6) is 1.65. The fourth-order valence-electron chi connectivity index (χ4n) is 2.14. The molecule has 0 aliphatic carbocycles. The molecule has 104 valence electrons. The standard InChI is InChI=1S/C16H16FNO2/c1-2-8-18-10-12-6-7-14(19-12)15-9-11-4-3-5-13(17)16(11)20-15/h3-7,9,18H,2,8,10H2,1H3. The highest BCUT2D eigenvalue weighted by atomic mass is 19.1. The topological polar surface area (TPSA) is 38.3 Å². The van der Waals surface area contributed by atoms with E-state index in [1.807, 2.05) is 18.2 Å². The maximum Gasteiger partial charge on any atom is 0.170 e. The van der Waals surface area contributed by atoms with Gasteiger partial charge in [0.05, 0.1) is 6.54 Å². The molecule has 2 heterocycles. The molecule has 3 nitrogen and oxygen atoms in total. The predicted octanol–water partition coefficient (Wildman–Crippen LogP) is 4.33. The van der Waals surface area contributed by atoms with Crippen molar-refractivity contribution < 1.29 is 13.2 Å². The van der Waals surface area contributed by atoms with Gasteiger partial charge in [0.1, 0.15) is 5.76 Å². The monoisotopic (exact) mass is 273 g/mol. The molecule has 0 atom stereocenters. The molecule has 1 aromatic carbocycles. The van der Waals surface area contributed by atoms with Crippen molar-refractivity contribution in [1.82, 2.24) is 5.32 Å². The molecule has 3 rings (SSSR count). The molecule has 2 aromatic heterocycles. The minimum absolute atomic E-state index is 0.268. The second kappa shape index (κ2) is 5.51. The summed E-state index contributed by atoms with van der Waals surface area (Å²) in [5, 5.41) is 4.01. The number of hydrogen-bond acceptors (Lipinski definition) is 3. The van der Waals surface area contributed by atoms with Crippen molar-refractivity contribution in [2.24, 2.45) is 0 Å². The average Bonchev–Trinajstić information content (AvgIpc) is 3.05. The van der Waals surface area contributed by atoms with Gasteiger partial charge in [0, 0.05) is 5.39 Å². The summed E-state index contributed by atoms with van der Waals surface area (Å²) in [6.07, 6.45) is 1.08. The van der Waals surface area contributed by atoms with Crippen LogP contribution in [0.1, 0.15) is 19.1 Å². The lowest BCUT2D eigenvalue weighted by Gasteiger charge is -1.98. The van der Waals surface area contributed by atoms with Crippen LogP contribution in [0.2, 0.25) is 0 Å². The minimum Gasteiger partial charge on any atom is -0.456 e. The number of para-hydroxylation sites is 1. The third-order valence-corrected chi connectivity index (χ3v) is 3.13. The van der Waals surface area contributed by atoms with E-state index in [-0.39, 0.29) is 11.4 Å². The van der Waals surface area contributed by atoms with Crippen molar-refractivity contribution in [3.05, 3.63) is 48.0 Å². The first-order chi connectivity index (χ1) is 9.78. The van der Waals surface area contributed by atoms with E-state index >= 15 is 0 Å². The van der Waals surface area contributed by atoms with Gasteiger partial charge in [-0.05, 0) is 37.2 Å². The molecule has 0 spiro atoms. The lowest BCUT2D eigenvalue weighted by Crippen LogP contribution is -2.12. The molecule has 4 heteroatoms. The van der Waals surface area contributed by atoms with Crippen molar-refractivity contribution in [1.29, 1.82) is 0 Å². The van der Waals surface area contributed by atoms with E-state index in [4.69, 9.17) is 8.83 Å². The molecule has 0 aliphatic heterocycles. The summed E-state index contributed by atoms with van der Waals surface area (Å²) in [6, 6.07) is 10.4. The van der Waals surface area contributed by atoms with Gasteiger partial charge in [0.2, 0.25) is 0 Å². The van der Waals surface area contributed by atoms with Crippen LogP contribution in [0.3, 0.4) is 0 Å². The fraction of sp³-hybridized carbons (Fsp3) is 0.250. The van der Waals surface area contributed by atoms with Gasteiger partial charge in [-0.2, -0.15) is 0 Å². The van der Waals surface area contributed by atoms with Crippen molar-refractivity contribution >= 4 is 11.0 Å². The maximum absolute atomic E-state index is 13.6. The fourth-order valence-corrected chi connectivity index (χ4v) is 2.14. The van der Waals surface area contributed by atoms with Crippen molar-refractivity contribution in [3.8, 4) is 11.5 Å². The zero-order chi connectivity index (χ0) is 13.9. The Morgan fingerprint density at radius 1 is 1.10 bits per heavy atom. The first-order valence-corrected chi connectivity index (χ1v) is 6.76. The Bertz CT molecular complexity index is 714. The summed E-state index contributed by atoms with van der Waals surface area (Å²) >= 11 is 0. The van der Waals surface area contributed by atoms with Gasteiger partial charge in [-0.15, -0.1) is 0 Å². The van der Waals surface area contributed by atoms with Gasteiger partial charge in [-0.3, -0.25) is 0 Å². The number of benzene rings is 1. The van der Waals surface area contributed by atoms with Crippen LogP contribution in [-0.4, -0.2) is 6.54 Å². The molecule has 3 aromatic rings. The number of rotatable bonds is 5. The van der Waals surface area contributed by atoms with E-state index in [0.717, 1.165) is 24.1 Å². The average molecular weight is 273 g/mol. The molecule has 20 heavy (non-hydrogen) atoms. The quantitative estimate of drug-likeness (QED) is 0.703. The van der Waals surface area contributed by atoms with Crippen LogP contribution in [0.4, 0.5) is 4.39 Å². The molecule has 0 saturated carbocycles. The number of nitrogens with one attached hydrogen (secondary N) is 1. The zero-order valence-electron chi connectivity index (χ0n) is 11.3. The van der Waals surface area contributed by atoms with E-state index < -0.39 is 0 Å². The van der Waals surface area contributed by atoms with Gasteiger partial charge >= 0.3 is 0 Å². The molecule has 0 saturated heterocycles. The Labute approximate surface area is 116 Å². The van der Waals surface area contributed by atoms with Gasteiger partial charge in [-0.1, -0.05) is 19.1 Å². The minimum atomic E-state index is -0.356. The predicted molar refractivity (Wildman–Crippen MR) is 75.9 cm³/mol. The summed E-state index contributed by atoms with van der Waals surface area (Å²) in [5.41, 5.74) is 0.268. The van der Waals surface area contributed by atoms with E-state index in [1.54, 1.807) is 12.1 Å². The van der Waals surface area contributed by atoms with Gasteiger partial charge in [0.15, 0.2) is 22.9 Å². The highest BCUT2D eigenvalue weighted by Crippen LogP contribution is 2.30. The molecule has 0 fully saturated rings. The molecule has 0 unspecified atom stereocenters. The van der Waals surface area contributed by atoms with Crippen LogP contribution in [0.15, 0.2) is 45.2 Å². The molecule has 0 aliphatic rings. The summed E-state index contributed by atoms with van der Waals surface area (Å²) in [6.45, 7) is 3.75. The van der Waals surface area contributed by atoms with E-state index in [2.05, 4.69) is 12.2 Å². The van der Waals surface area contributed by atoms with Gasteiger partial charge in [-0.25, -0.2) is 4.39 Å². The molecule has 1 N–H and O–H groups in total. The zero-order valence-corrected chi connectivity index (χ0v) is 11.3. The Morgan fingerprint density at radius 3 is 2.80 bits per heavy atom. The molecule has 0 radical (unpaired) electrons. The van der Waals surface area contributed by atoms with Crippen LogP contribution >= 0.6 is 0 Å².